The first-order valence-corrected chi connectivity index (χ1v) is 4.52. The van der Waals surface area contributed by atoms with E-state index in [1.165, 1.54) is 6.92 Å². The van der Waals surface area contributed by atoms with E-state index in [0.29, 0.717) is 12.4 Å². The van der Waals surface area contributed by atoms with Crippen LogP contribution in [0.25, 0.3) is 0 Å². The predicted molar refractivity (Wildman–Crippen MR) is 51.8 cm³/mol. The summed E-state index contributed by atoms with van der Waals surface area (Å²) in [7, 11) is 0. The standard InChI is InChI=1S/C10H6ClF3O2/c1-5-2-6(4-15)7(9(11)16)3-8(5)10(12,13)14/h2-4H,1H3. The molecule has 0 aliphatic heterocycles. The third kappa shape index (κ3) is 2.41. The average Bonchev–Trinajstić information content (AvgIpc) is 2.14. The Hall–Kier alpha value is -1.36. The van der Waals surface area contributed by atoms with Gasteiger partial charge in [-0.3, -0.25) is 9.59 Å². The normalized spacial score (nSPS) is 11.3. The minimum atomic E-state index is -4.58. The first-order chi connectivity index (χ1) is 7.27. The third-order valence-corrected chi connectivity index (χ3v) is 2.24. The summed E-state index contributed by atoms with van der Waals surface area (Å²) in [6.07, 6.45) is -4.28. The fraction of sp³-hybridized carbons (Fsp3) is 0.200. The molecule has 0 bridgehead atoms. The average molecular weight is 251 g/mol. The van der Waals surface area contributed by atoms with Gasteiger partial charge in [-0.25, -0.2) is 0 Å². The summed E-state index contributed by atoms with van der Waals surface area (Å²) < 4.78 is 37.5. The van der Waals surface area contributed by atoms with Gasteiger partial charge < -0.3 is 0 Å². The molecule has 0 aliphatic rings. The molecule has 0 aliphatic carbocycles. The van der Waals surface area contributed by atoms with Crippen LogP contribution in [-0.2, 0) is 6.18 Å². The van der Waals surface area contributed by atoms with Gasteiger partial charge in [-0.05, 0) is 36.2 Å². The Morgan fingerprint density at radius 2 is 1.94 bits per heavy atom. The predicted octanol–water partition coefficient (Wildman–Crippen LogP) is 3.21. The van der Waals surface area contributed by atoms with Crippen LogP contribution in [0.1, 0.15) is 31.8 Å². The Bertz CT molecular complexity index is 452. The summed E-state index contributed by atoms with van der Waals surface area (Å²) in [5.41, 5.74) is -1.68. The van der Waals surface area contributed by atoms with Crippen LogP contribution in [0.5, 0.6) is 0 Å². The number of aryl methyl sites for hydroxylation is 1. The molecule has 0 saturated carbocycles. The Morgan fingerprint density at radius 3 is 2.31 bits per heavy atom. The Kier molecular flexibility index (Phi) is 3.38. The number of rotatable bonds is 2. The van der Waals surface area contributed by atoms with Crippen molar-refractivity contribution in [2.75, 3.05) is 0 Å². The quantitative estimate of drug-likeness (QED) is 0.597. The first-order valence-electron chi connectivity index (χ1n) is 4.14. The molecule has 86 valence electrons. The largest absolute Gasteiger partial charge is 0.416 e. The van der Waals surface area contributed by atoms with E-state index in [9.17, 15) is 22.8 Å². The molecule has 0 saturated heterocycles. The highest BCUT2D eigenvalue weighted by atomic mass is 35.5. The van der Waals surface area contributed by atoms with E-state index in [-0.39, 0.29) is 11.1 Å². The highest BCUT2D eigenvalue weighted by Gasteiger charge is 2.33. The molecule has 6 heteroatoms. The molecule has 2 nitrogen and oxygen atoms in total. The van der Waals surface area contributed by atoms with Gasteiger partial charge in [-0.15, -0.1) is 0 Å². The van der Waals surface area contributed by atoms with Crippen molar-refractivity contribution in [3.8, 4) is 0 Å². The Balaban J connectivity index is 3.51. The van der Waals surface area contributed by atoms with Crippen molar-refractivity contribution in [2.24, 2.45) is 0 Å². The van der Waals surface area contributed by atoms with Crippen LogP contribution in [-0.4, -0.2) is 11.5 Å². The maximum Gasteiger partial charge on any atom is 0.416 e. The van der Waals surface area contributed by atoms with Crippen molar-refractivity contribution < 1.29 is 22.8 Å². The molecule has 0 unspecified atom stereocenters. The third-order valence-electron chi connectivity index (χ3n) is 2.04. The molecule has 1 aromatic carbocycles. The van der Waals surface area contributed by atoms with Crippen molar-refractivity contribution >= 4 is 23.1 Å². The van der Waals surface area contributed by atoms with Crippen LogP contribution < -0.4 is 0 Å². The summed E-state index contributed by atoms with van der Waals surface area (Å²) >= 11 is 5.10. The Labute approximate surface area is 94.0 Å². The van der Waals surface area contributed by atoms with Crippen molar-refractivity contribution in [3.63, 3.8) is 0 Å². The second-order valence-corrected chi connectivity index (χ2v) is 3.49. The van der Waals surface area contributed by atoms with Gasteiger partial charge >= 0.3 is 6.18 Å². The lowest BCUT2D eigenvalue weighted by atomic mass is 10.00. The second kappa shape index (κ2) is 4.25. The van der Waals surface area contributed by atoms with Gasteiger partial charge in [0, 0.05) is 11.1 Å². The lowest BCUT2D eigenvalue weighted by Gasteiger charge is -2.12. The van der Waals surface area contributed by atoms with Crippen LogP contribution in [0.4, 0.5) is 13.2 Å². The molecule has 0 fully saturated rings. The number of carbonyl (C=O) groups excluding carboxylic acids is 2. The Morgan fingerprint density at radius 1 is 1.38 bits per heavy atom. The molecule has 0 amide bonds. The topological polar surface area (TPSA) is 34.1 Å². The number of hydrogen-bond donors (Lipinski definition) is 0. The molecule has 0 radical (unpaired) electrons. The number of hydrogen-bond acceptors (Lipinski definition) is 2. The minimum Gasteiger partial charge on any atom is -0.298 e. The maximum atomic E-state index is 12.5. The fourth-order valence-electron chi connectivity index (χ4n) is 1.30. The number of alkyl halides is 3. The molecular weight excluding hydrogens is 245 g/mol. The number of halogens is 4. The molecule has 0 atom stereocenters. The van der Waals surface area contributed by atoms with Crippen LogP contribution in [0.3, 0.4) is 0 Å². The molecule has 0 N–H and O–H groups in total. The molecule has 0 aromatic heterocycles. The maximum absolute atomic E-state index is 12.5. The summed E-state index contributed by atoms with van der Waals surface area (Å²) in [4.78, 5) is 21.4. The summed E-state index contributed by atoms with van der Waals surface area (Å²) in [6, 6.07) is 1.58. The van der Waals surface area contributed by atoms with Gasteiger partial charge in [0.05, 0.1) is 5.56 Å². The zero-order chi connectivity index (χ0) is 12.5. The van der Waals surface area contributed by atoms with Gasteiger partial charge in [-0.2, -0.15) is 13.2 Å². The van der Waals surface area contributed by atoms with E-state index in [4.69, 9.17) is 11.6 Å². The van der Waals surface area contributed by atoms with Gasteiger partial charge in [0.1, 0.15) is 0 Å². The van der Waals surface area contributed by atoms with E-state index in [0.717, 1.165) is 6.07 Å². The van der Waals surface area contributed by atoms with Crippen molar-refractivity contribution in [2.45, 2.75) is 13.1 Å². The lowest BCUT2D eigenvalue weighted by Crippen LogP contribution is -2.10. The number of carbonyl (C=O) groups is 2. The van der Waals surface area contributed by atoms with Crippen molar-refractivity contribution in [1.29, 1.82) is 0 Å². The fourth-order valence-corrected chi connectivity index (χ4v) is 1.47. The highest BCUT2D eigenvalue weighted by Crippen LogP contribution is 2.33. The van der Waals surface area contributed by atoms with Crippen LogP contribution >= 0.6 is 11.6 Å². The van der Waals surface area contributed by atoms with E-state index in [1.54, 1.807) is 0 Å². The van der Waals surface area contributed by atoms with E-state index >= 15 is 0 Å². The van der Waals surface area contributed by atoms with E-state index < -0.39 is 22.5 Å². The monoisotopic (exact) mass is 250 g/mol. The van der Waals surface area contributed by atoms with Crippen LogP contribution in [0.2, 0.25) is 0 Å². The molecule has 1 rings (SSSR count). The highest BCUT2D eigenvalue weighted by molar-refractivity contribution is 6.68. The molecule has 16 heavy (non-hydrogen) atoms. The van der Waals surface area contributed by atoms with Crippen molar-refractivity contribution in [1.82, 2.24) is 0 Å². The summed E-state index contributed by atoms with van der Waals surface area (Å²) in [5, 5.41) is -1.09. The van der Waals surface area contributed by atoms with Gasteiger partial charge in [0.25, 0.3) is 5.24 Å². The molecule has 0 heterocycles. The van der Waals surface area contributed by atoms with E-state index in [2.05, 4.69) is 0 Å². The van der Waals surface area contributed by atoms with Gasteiger partial charge in [0.2, 0.25) is 0 Å². The van der Waals surface area contributed by atoms with Crippen LogP contribution in [0, 0.1) is 6.92 Å². The smallest absolute Gasteiger partial charge is 0.298 e. The van der Waals surface area contributed by atoms with Crippen molar-refractivity contribution in [3.05, 3.63) is 34.4 Å². The molecular formula is C10H6ClF3O2. The number of aldehydes is 1. The molecule has 0 spiro atoms. The zero-order valence-electron chi connectivity index (χ0n) is 8.06. The summed E-state index contributed by atoms with van der Waals surface area (Å²) in [6.45, 7) is 1.21. The van der Waals surface area contributed by atoms with Crippen LogP contribution in [0.15, 0.2) is 12.1 Å². The molecule has 1 aromatic rings. The number of benzene rings is 1. The van der Waals surface area contributed by atoms with Gasteiger partial charge in [-0.1, -0.05) is 0 Å². The second-order valence-electron chi connectivity index (χ2n) is 3.14. The lowest BCUT2D eigenvalue weighted by molar-refractivity contribution is -0.138. The van der Waals surface area contributed by atoms with E-state index in [1.807, 2.05) is 0 Å². The minimum absolute atomic E-state index is 0.128. The van der Waals surface area contributed by atoms with Gasteiger partial charge in [0.15, 0.2) is 6.29 Å². The zero-order valence-corrected chi connectivity index (χ0v) is 8.82. The summed E-state index contributed by atoms with van der Waals surface area (Å²) in [5.74, 6) is 0. The first kappa shape index (κ1) is 12.7. The SMILES string of the molecule is Cc1cc(C=O)c(C(=O)Cl)cc1C(F)(F)F.